The van der Waals surface area contributed by atoms with Crippen LogP contribution in [0.25, 0.3) is 0 Å². The molecule has 0 aliphatic rings. The molecule has 0 aliphatic heterocycles. The van der Waals surface area contributed by atoms with Crippen LogP contribution in [0, 0.1) is 17.8 Å². The molecule has 0 spiro atoms. The SMILES string of the molecule is C=CC(CC/C=C\CC/C=C/CC(=O)CCCC(=O)CCCC(=O)CCC(C)C)C(=O)CCCC(=O)CCCC(=O)CCC(C)C. The molecule has 0 saturated heterocycles. The van der Waals surface area contributed by atoms with E-state index in [-0.39, 0.29) is 40.6 Å². The van der Waals surface area contributed by atoms with Gasteiger partial charge in [-0.25, -0.2) is 0 Å². The second kappa shape index (κ2) is 28.5. The standard InChI is InChI=1S/C40H64O6/c1-6-34(40(46)27-17-26-37(43)23-16-25-39(45)31-29-33(4)5)18-12-10-8-7-9-11-13-19-35(41)20-14-21-36(42)22-15-24-38(44)30-28-32(2)3/h6,8,10-11,13,32-34H,1,7,9,12,14-31H2,2-5H3/b10-8-,13-11+. The molecule has 1 unspecified atom stereocenters. The van der Waals surface area contributed by atoms with Gasteiger partial charge in [-0.05, 0) is 76.0 Å². The Morgan fingerprint density at radius 1 is 0.457 bits per heavy atom. The first-order valence-electron chi connectivity index (χ1n) is 18.0. The summed E-state index contributed by atoms with van der Waals surface area (Å²) in [4.78, 5) is 72.5. The maximum atomic E-state index is 12.6. The predicted molar refractivity (Wildman–Crippen MR) is 189 cm³/mol. The molecular weight excluding hydrogens is 576 g/mol. The van der Waals surface area contributed by atoms with Crippen LogP contribution in [0.5, 0.6) is 0 Å². The predicted octanol–water partition coefficient (Wildman–Crippen LogP) is 9.82. The fourth-order valence-corrected chi connectivity index (χ4v) is 5.04. The van der Waals surface area contributed by atoms with E-state index in [2.05, 4.69) is 46.4 Å². The molecule has 260 valence electrons. The van der Waals surface area contributed by atoms with Crippen molar-refractivity contribution in [1.29, 1.82) is 0 Å². The molecule has 0 aromatic carbocycles. The molecule has 0 N–H and O–H groups in total. The average Bonchev–Trinajstić information content (AvgIpc) is 2.99. The topological polar surface area (TPSA) is 102 Å². The minimum absolute atomic E-state index is 0.126. The van der Waals surface area contributed by atoms with Gasteiger partial charge in [-0.3, -0.25) is 28.8 Å². The quantitative estimate of drug-likeness (QED) is 0.0536. The number of Topliss-reactive ketones (excluding diaryl/α,β-unsaturated/α-hetero) is 6. The van der Waals surface area contributed by atoms with Gasteiger partial charge in [-0.1, -0.05) is 58.1 Å². The summed E-state index contributed by atoms with van der Waals surface area (Å²) >= 11 is 0. The monoisotopic (exact) mass is 640 g/mol. The summed E-state index contributed by atoms with van der Waals surface area (Å²) in [7, 11) is 0. The van der Waals surface area contributed by atoms with E-state index in [9.17, 15) is 28.8 Å². The molecule has 0 saturated carbocycles. The maximum absolute atomic E-state index is 12.6. The van der Waals surface area contributed by atoms with E-state index in [0.717, 1.165) is 32.1 Å². The fourth-order valence-electron chi connectivity index (χ4n) is 5.04. The Morgan fingerprint density at radius 2 is 0.826 bits per heavy atom. The van der Waals surface area contributed by atoms with Crippen LogP contribution >= 0.6 is 0 Å². The van der Waals surface area contributed by atoms with Crippen molar-refractivity contribution in [3.05, 3.63) is 37.0 Å². The van der Waals surface area contributed by atoms with E-state index in [1.54, 1.807) is 6.08 Å². The van der Waals surface area contributed by atoms with Crippen LogP contribution in [0.15, 0.2) is 37.0 Å². The molecular formula is C40H64O6. The van der Waals surface area contributed by atoms with Gasteiger partial charge in [0.25, 0.3) is 0 Å². The summed E-state index contributed by atoms with van der Waals surface area (Å²) in [6, 6.07) is 0. The Labute approximate surface area is 280 Å². The third-order valence-corrected chi connectivity index (χ3v) is 8.13. The summed E-state index contributed by atoms with van der Waals surface area (Å²) in [6.45, 7) is 12.2. The number of hydrogen-bond acceptors (Lipinski definition) is 6. The molecule has 1 atom stereocenters. The van der Waals surface area contributed by atoms with Gasteiger partial charge < -0.3 is 0 Å². The summed E-state index contributed by atoms with van der Waals surface area (Å²) in [6.07, 6.45) is 22.0. The zero-order valence-corrected chi connectivity index (χ0v) is 29.6. The van der Waals surface area contributed by atoms with E-state index in [1.165, 1.54) is 0 Å². The van der Waals surface area contributed by atoms with Crippen LogP contribution in [0.2, 0.25) is 0 Å². The lowest BCUT2D eigenvalue weighted by Gasteiger charge is -2.10. The largest absolute Gasteiger partial charge is 0.300 e. The number of hydrogen-bond donors (Lipinski definition) is 0. The Morgan fingerprint density at radius 3 is 1.26 bits per heavy atom. The van der Waals surface area contributed by atoms with Crippen molar-refractivity contribution < 1.29 is 28.8 Å². The van der Waals surface area contributed by atoms with E-state index in [1.807, 2.05) is 12.2 Å². The zero-order chi connectivity index (χ0) is 34.6. The second-order valence-electron chi connectivity index (χ2n) is 13.6. The van der Waals surface area contributed by atoms with Crippen LogP contribution in [0.4, 0.5) is 0 Å². The van der Waals surface area contributed by atoms with Crippen molar-refractivity contribution in [2.45, 2.75) is 163 Å². The van der Waals surface area contributed by atoms with Crippen molar-refractivity contribution in [2.24, 2.45) is 17.8 Å². The fraction of sp³-hybridized carbons (Fsp3) is 0.700. The van der Waals surface area contributed by atoms with Gasteiger partial charge in [-0.15, -0.1) is 6.58 Å². The van der Waals surface area contributed by atoms with Crippen LogP contribution in [0.1, 0.15) is 163 Å². The summed E-state index contributed by atoms with van der Waals surface area (Å²) in [5, 5.41) is 0. The highest BCUT2D eigenvalue weighted by Gasteiger charge is 2.15. The Bertz CT molecular complexity index is 984. The average molecular weight is 641 g/mol. The Balaban J connectivity index is 3.91. The molecule has 0 amide bonds. The third kappa shape index (κ3) is 27.5. The number of carbonyl (C=O) groups excluding carboxylic acids is 6. The summed E-state index contributed by atoms with van der Waals surface area (Å²) in [5.41, 5.74) is 0. The minimum atomic E-state index is -0.205. The molecule has 0 fully saturated rings. The Kier molecular flexibility index (Phi) is 26.8. The van der Waals surface area contributed by atoms with Crippen molar-refractivity contribution >= 4 is 34.7 Å². The van der Waals surface area contributed by atoms with Gasteiger partial charge in [0.2, 0.25) is 0 Å². The van der Waals surface area contributed by atoms with Crippen molar-refractivity contribution in [1.82, 2.24) is 0 Å². The molecule has 0 radical (unpaired) electrons. The smallest absolute Gasteiger partial charge is 0.139 e. The lowest BCUT2D eigenvalue weighted by molar-refractivity contribution is -0.123. The Hall–Kier alpha value is -2.76. The number of rotatable bonds is 32. The maximum Gasteiger partial charge on any atom is 0.139 e. The molecule has 0 heterocycles. The van der Waals surface area contributed by atoms with Crippen molar-refractivity contribution in [2.75, 3.05) is 0 Å². The van der Waals surface area contributed by atoms with Gasteiger partial charge >= 0.3 is 0 Å². The molecule has 46 heavy (non-hydrogen) atoms. The molecule has 0 rings (SSSR count). The van der Waals surface area contributed by atoms with Gasteiger partial charge in [0.05, 0.1) is 0 Å². The number of ketones is 6. The minimum Gasteiger partial charge on any atom is -0.300 e. The third-order valence-electron chi connectivity index (χ3n) is 8.13. The second-order valence-corrected chi connectivity index (χ2v) is 13.6. The van der Waals surface area contributed by atoms with Gasteiger partial charge in [0.15, 0.2) is 0 Å². The summed E-state index contributed by atoms with van der Waals surface area (Å²) in [5.74, 6) is 1.82. The van der Waals surface area contributed by atoms with Gasteiger partial charge in [0.1, 0.15) is 34.7 Å². The highest BCUT2D eigenvalue weighted by atomic mass is 16.1. The zero-order valence-electron chi connectivity index (χ0n) is 29.6. The normalized spacial score (nSPS) is 12.3. The van der Waals surface area contributed by atoms with E-state index in [0.29, 0.717) is 115 Å². The molecule has 6 heteroatoms. The van der Waals surface area contributed by atoms with Crippen LogP contribution in [-0.2, 0) is 28.8 Å². The highest BCUT2D eigenvalue weighted by Crippen LogP contribution is 2.16. The molecule has 0 aromatic rings. The van der Waals surface area contributed by atoms with Gasteiger partial charge in [-0.2, -0.15) is 0 Å². The number of allylic oxidation sites excluding steroid dienone is 5. The number of unbranched alkanes of at least 4 members (excludes halogenated alkanes) is 1. The van der Waals surface area contributed by atoms with Crippen LogP contribution in [0.3, 0.4) is 0 Å². The van der Waals surface area contributed by atoms with Gasteiger partial charge in [0, 0.05) is 76.5 Å². The first-order chi connectivity index (χ1) is 21.9. The first kappa shape index (κ1) is 43.2. The van der Waals surface area contributed by atoms with Crippen LogP contribution < -0.4 is 0 Å². The molecule has 0 bridgehead atoms. The lowest BCUT2D eigenvalue weighted by atomic mass is 9.94. The summed E-state index contributed by atoms with van der Waals surface area (Å²) < 4.78 is 0. The molecule has 0 aliphatic carbocycles. The first-order valence-corrected chi connectivity index (χ1v) is 18.0. The number of carbonyl (C=O) groups is 6. The van der Waals surface area contributed by atoms with E-state index in [4.69, 9.17) is 0 Å². The van der Waals surface area contributed by atoms with E-state index >= 15 is 0 Å². The van der Waals surface area contributed by atoms with Crippen molar-refractivity contribution in [3.8, 4) is 0 Å². The highest BCUT2D eigenvalue weighted by molar-refractivity contribution is 5.84. The van der Waals surface area contributed by atoms with Crippen molar-refractivity contribution in [3.63, 3.8) is 0 Å². The van der Waals surface area contributed by atoms with E-state index < -0.39 is 0 Å². The molecule has 6 nitrogen and oxygen atoms in total. The lowest BCUT2D eigenvalue weighted by Crippen LogP contribution is -2.12. The molecule has 0 aromatic heterocycles. The van der Waals surface area contributed by atoms with Crippen LogP contribution in [-0.4, -0.2) is 34.7 Å².